The fourth-order valence-corrected chi connectivity index (χ4v) is 7.35. The van der Waals surface area contributed by atoms with Gasteiger partial charge in [0.25, 0.3) is 0 Å². The number of alkyl halides is 3. The van der Waals surface area contributed by atoms with Crippen molar-refractivity contribution < 1.29 is 22.7 Å². The summed E-state index contributed by atoms with van der Waals surface area (Å²) in [5.74, 6) is 0.420. The molecule has 0 radical (unpaired) electrons. The molecular formula is C31H35ClF3N7O2. The van der Waals surface area contributed by atoms with Gasteiger partial charge in [-0.2, -0.15) is 28.4 Å². The van der Waals surface area contributed by atoms with Crippen molar-refractivity contribution in [2.75, 3.05) is 49.6 Å². The van der Waals surface area contributed by atoms with Crippen LogP contribution < -0.4 is 14.5 Å². The Morgan fingerprint density at radius 2 is 2.02 bits per heavy atom. The van der Waals surface area contributed by atoms with Gasteiger partial charge in [-0.1, -0.05) is 24.2 Å². The molecule has 4 heterocycles. The smallest absolute Gasteiger partial charge is 0.419 e. The van der Waals surface area contributed by atoms with E-state index in [0.717, 1.165) is 37.8 Å². The summed E-state index contributed by atoms with van der Waals surface area (Å²) in [6.07, 6.45) is 1.06. The van der Waals surface area contributed by atoms with Crippen LogP contribution in [0, 0.1) is 11.3 Å². The van der Waals surface area contributed by atoms with E-state index in [1.165, 1.54) is 24.3 Å². The van der Waals surface area contributed by atoms with Crippen LogP contribution >= 0.6 is 11.6 Å². The normalized spacial score (nSPS) is 23.2. The number of rotatable bonds is 7. The minimum atomic E-state index is -4.62. The fourth-order valence-electron chi connectivity index (χ4n) is 7.08. The zero-order valence-electron chi connectivity index (χ0n) is 24.6. The molecule has 1 saturated carbocycles. The maximum Gasteiger partial charge on any atom is 0.419 e. The molecule has 2 atom stereocenters. The molecule has 1 aromatic heterocycles. The summed E-state index contributed by atoms with van der Waals surface area (Å²) in [6, 6.07) is 6.50. The first-order valence-electron chi connectivity index (χ1n) is 15.0. The summed E-state index contributed by atoms with van der Waals surface area (Å²) in [5, 5.41) is 9.16. The topological polar surface area (TPSA) is 88.8 Å². The van der Waals surface area contributed by atoms with Gasteiger partial charge in [0.15, 0.2) is 0 Å². The number of carbonyl (C=O) groups is 1. The number of halogens is 4. The highest BCUT2D eigenvalue weighted by Gasteiger charge is 2.55. The maximum absolute atomic E-state index is 14.1. The Balaban J connectivity index is 1.37. The van der Waals surface area contributed by atoms with Gasteiger partial charge in [-0.3, -0.25) is 9.69 Å². The van der Waals surface area contributed by atoms with Crippen LogP contribution in [-0.4, -0.2) is 83.1 Å². The predicted octanol–water partition coefficient (Wildman–Crippen LogP) is 4.83. The lowest BCUT2D eigenvalue weighted by Crippen LogP contribution is -2.55. The third-order valence-electron chi connectivity index (χ3n) is 9.37. The molecule has 0 N–H and O–H groups in total. The van der Waals surface area contributed by atoms with E-state index in [1.807, 2.05) is 0 Å². The maximum atomic E-state index is 14.1. The SMILES string of the molecule is C=CC(=O)N1CCN(c2nc(OC3(C4CCCN4C)CC3)nc3c2CCN(c2cccc(Cl)c2C(F)(F)F)C3)CC1CC#N. The first kappa shape index (κ1) is 30.5. The predicted molar refractivity (Wildman–Crippen MR) is 160 cm³/mol. The number of hydrogen-bond donors (Lipinski definition) is 0. The number of nitrogens with zero attached hydrogens (tertiary/aromatic N) is 7. The van der Waals surface area contributed by atoms with Gasteiger partial charge in [-0.05, 0) is 63.9 Å². The van der Waals surface area contributed by atoms with Gasteiger partial charge in [0.05, 0.1) is 47.0 Å². The molecule has 0 spiro atoms. The quantitative estimate of drug-likeness (QED) is 0.403. The Morgan fingerprint density at radius 3 is 2.68 bits per heavy atom. The number of likely N-dealkylation sites (tertiary alicyclic amines) is 1. The van der Waals surface area contributed by atoms with Crippen molar-refractivity contribution in [2.45, 2.75) is 68.9 Å². The lowest BCUT2D eigenvalue weighted by molar-refractivity contribution is -0.137. The highest BCUT2D eigenvalue weighted by Crippen LogP contribution is 2.48. The molecule has 2 saturated heterocycles. The van der Waals surface area contributed by atoms with Crippen molar-refractivity contribution in [3.05, 3.63) is 52.7 Å². The summed E-state index contributed by atoms with van der Waals surface area (Å²) in [7, 11) is 2.10. The van der Waals surface area contributed by atoms with E-state index in [9.17, 15) is 23.2 Å². The first-order valence-corrected chi connectivity index (χ1v) is 15.4. The Hall–Kier alpha value is -3.56. The van der Waals surface area contributed by atoms with Crippen LogP contribution in [0.5, 0.6) is 6.01 Å². The summed E-state index contributed by atoms with van der Waals surface area (Å²) in [4.78, 5) is 30.0. The first-order chi connectivity index (χ1) is 21.0. The van der Waals surface area contributed by atoms with E-state index in [1.54, 1.807) is 9.80 Å². The number of fused-ring (bicyclic) bond motifs is 1. The van der Waals surface area contributed by atoms with Crippen LogP contribution in [0.25, 0.3) is 0 Å². The van der Waals surface area contributed by atoms with E-state index >= 15 is 0 Å². The standard InChI is InChI=1S/C31H35ClF3N7O2/c1-3-26(43)42-17-16-41(18-20(42)9-13-36)28-21-10-15-40(24-7-4-6-22(32)27(24)31(33,34)35)19-23(21)37-29(38-28)44-30(11-12-30)25-8-5-14-39(25)2/h3-4,6-7,20,25H,1,5,8-12,14-19H2,2H3. The Morgan fingerprint density at radius 1 is 1.23 bits per heavy atom. The molecule has 13 heteroatoms. The third-order valence-corrected chi connectivity index (χ3v) is 9.69. The second-order valence-corrected chi connectivity index (χ2v) is 12.5. The van der Waals surface area contributed by atoms with Crippen LogP contribution in [0.3, 0.4) is 0 Å². The van der Waals surface area contributed by atoms with Crippen molar-refractivity contribution in [2.24, 2.45) is 0 Å². The number of piperazine rings is 1. The van der Waals surface area contributed by atoms with Crippen molar-refractivity contribution in [3.63, 3.8) is 0 Å². The molecule has 2 unspecified atom stereocenters. The molecule has 0 bridgehead atoms. The summed E-state index contributed by atoms with van der Waals surface area (Å²) >= 11 is 6.06. The third kappa shape index (κ3) is 5.68. The van der Waals surface area contributed by atoms with E-state index in [4.69, 9.17) is 26.3 Å². The zero-order chi connectivity index (χ0) is 31.2. The second-order valence-electron chi connectivity index (χ2n) is 12.1. The molecule has 1 amide bonds. The molecule has 3 fully saturated rings. The van der Waals surface area contributed by atoms with Gasteiger partial charge in [0.1, 0.15) is 11.4 Å². The van der Waals surface area contributed by atoms with Crippen LogP contribution in [0.2, 0.25) is 5.02 Å². The Bertz CT molecular complexity index is 1490. The average molecular weight is 630 g/mol. The molecule has 234 valence electrons. The van der Waals surface area contributed by atoms with Crippen LogP contribution in [-0.2, 0) is 23.9 Å². The van der Waals surface area contributed by atoms with Crippen molar-refractivity contribution in [1.82, 2.24) is 19.8 Å². The van der Waals surface area contributed by atoms with Gasteiger partial charge in [-0.15, -0.1) is 0 Å². The number of ether oxygens (including phenoxy) is 1. The number of benzene rings is 1. The number of hydrogen-bond acceptors (Lipinski definition) is 8. The minimum Gasteiger partial charge on any atom is -0.455 e. The fraction of sp³-hybridized carbons (Fsp3) is 0.548. The van der Waals surface area contributed by atoms with E-state index in [0.29, 0.717) is 44.1 Å². The number of nitriles is 1. The van der Waals surface area contributed by atoms with Gasteiger partial charge < -0.3 is 19.4 Å². The lowest BCUT2D eigenvalue weighted by atomic mass is 10.0. The van der Waals surface area contributed by atoms with Crippen LogP contribution in [0.1, 0.15) is 48.9 Å². The molecular weight excluding hydrogens is 595 g/mol. The van der Waals surface area contributed by atoms with E-state index in [-0.39, 0.29) is 53.3 Å². The number of aromatic nitrogens is 2. The van der Waals surface area contributed by atoms with E-state index in [2.05, 4.69) is 29.5 Å². The molecule has 4 aliphatic rings. The van der Waals surface area contributed by atoms with Crippen LogP contribution in [0.15, 0.2) is 30.9 Å². The monoisotopic (exact) mass is 629 g/mol. The van der Waals surface area contributed by atoms with Gasteiger partial charge in [0, 0.05) is 37.8 Å². The highest BCUT2D eigenvalue weighted by molar-refractivity contribution is 6.31. The van der Waals surface area contributed by atoms with Gasteiger partial charge >= 0.3 is 12.2 Å². The number of amides is 1. The van der Waals surface area contributed by atoms with Crippen molar-refractivity contribution in [3.8, 4) is 12.1 Å². The molecule has 3 aliphatic heterocycles. The lowest BCUT2D eigenvalue weighted by Gasteiger charge is -2.42. The molecule has 1 aliphatic carbocycles. The number of carbonyl (C=O) groups excluding carboxylic acids is 1. The molecule has 6 rings (SSSR count). The van der Waals surface area contributed by atoms with Gasteiger partial charge in [-0.25, -0.2) is 0 Å². The zero-order valence-corrected chi connectivity index (χ0v) is 25.4. The Labute approximate surface area is 259 Å². The van der Waals surface area contributed by atoms with Crippen molar-refractivity contribution >= 4 is 29.0 Å². The second kappa shape index (κ2) is 11.7. The van der Waals surface area contributed by atoms with Crippen LogP contribution in [0.4, 0.5) is 24.7 Å². The molecule has 1 aromatic carbocycles. The number of likely N-dealkylation sites (N-methyl/N-ethyl adjacent to an activating group) is 1. The Kier molecular flexibility index (Phi) is 8.13. The average Bonchev–Trinajstić information content (AvgIpc) is 3.63. The summed E-state index contributed by atoms with van der Waals surface area (Å²) in [5.41, 5.74) is 0.196. The molecule has 9 nitrogen and oxygen atoms in total. The highest BCUT2D eigenvalue weighted by atomic mass is 35.5. The van der Waals surface area contributed by atoms with Gasteiger partial charge in [0.2, 0.25) is 5.91 Å². The molecule has 44 heavy (non-hydrogen) atoms. The minimum absolute atomic E-state index is 0.00941. The summed E-state index contributed by atoms with van der Waals surface area (Å²) < 4.78 is 48.9. The van der Waals surface area contributed by atoms with Crippen molar-refractivity contribution in [1.29, 1.82) is 5.26 Å². The number of anilines is 2. The van der Waals surface area contributed by atoms with E-state index < -0.39 is 11.7 Å². The summed E-state index contributed by atoms with van der Waals surface area (Å²) in [6.45, 7) is 6.26. The molecule has 2 aromatic rings. The largest absolute Gasteiger partial charge is 0.455 e.